The number of nitriles is 1. The second kappa shape index (κ2) is 6.23. The van der Waals surface area contributed by atoms with Crippen molar-refractivity contribution in [3.05, 3.63) is 29.6 Å². The molecule has 2 unspecified atom stereocenters. The van der Waals surface area contributed by atoms with Crippen LogP contribution in [0.2, 0.25) is 0 Å². The van der Waals surface area contributed by atoms with E-state index in [4.69, 9.17) is 5.26 Å². The third-order valence-corrected chi connectivity index (χ3v) is 5.27. The quantitative estimate of drug-likeness (QED) is 0.869. The molecule has 1 N–H and O–H groups in total. The van der Waals surface area contributed by atoms with E-state index in [1.165, 1.54) is 18.4 Å². The number of sulfonamides is 1. The molecule has 1 aromatic rings. The lowest BCUT2D eigenvalue weighted by molar-refractivity contribution is 0.575. The molecule has 19 heavy (non-hydrogen) atoms. The topological polar surface area (TPSA) is 87.0 Å². The number of nitrogens with zero attached hydrogens (tertiary/aromatic N) is 1. The standard InChI is InChI=1S/C11H13FN2O3S2/c1-8(18(2)15)7-14-19(16,17)11-5-3-4-10(12)9(11)6-13/h3-5,8,14H,7H2,1-2H3. The Morgan fingerprint density at radius 1 is 1.53 bits per heavy atom. The Balaban J connectivity index is 3.06. The summed E-state index contributed by atoms with van der Waals surface area (Å²) >= 11 is 0. The van der Waals surface area contributed by atoms with Crippen molar-refractivity contribution < 1.29 is 17.0 Å². The number of hydrogen-bond acceptors (Lipinski definition) is 4. The largest absolute Gasteiger partial charge is 0.260 e. The van der Waals surface area contributed by atoms with Crippen LogP contribution in [0.4, 0.5) is 4.39 Å². The molecule has 0 aromatic heterocycles. The molecule has 0 saturated heterocycles. The highest BCUT2D eigenvalue weighted by Crippen LogP contribution is 2.17. The van der Waals surface area contributed by atoms with Gasteiger partial charge in [-0.25, -0.2) is 17.5 Å². The minimum absolute atomic E-state index is 0.0488. The Bertz CT molecular complexity index is 638. The van der Waals surface area contributed by atoms with Crippen LogP contribution in [0.15, 0.2) is 23.1 Å². The zero-order valence-corrected chi connectivity index (χ0v) is 12.0. The van der Waals surface area contributed by atoms with E-state index >= 15 is 0 Å². The lowest BCUT2D eigenvalue weighted by atomic mass is 10.2. The maximum Gasteiger partial charge on any atom is 0.242 e. The van der Waals surface area contributed by atoms with Gasteiger partial charge in [0.25, 0.3) is 0 Å². The molecule has 0 spiro atoms. The SMILES string of the molecule is CC(CNS(=O)(=O)c1cccc(F)c1C#N)S(C)=O. The Hall–Kier alpha value is -1.30. The monoisotopic (exact) mass is 304 g/mol. The first-order valence-electron chi connectivity index (χ1n) is 5.30. The zero-order chi connectivity index (χ0) is 14.6. The number of hydrogen-bond donors (Lipinski definition) is 1. The van der Waals surface area contributed by atoms with Gasteiger partial charge in [-0.05, 0) is 19.1 Å². The van der Waals surface area contributed by atoms with Gasteiger partial charge >= 0.3 is 0 Å². The summed E-state index contributed by atoms with van der Waals surface area (Å²) in [6.07, 6.45) is 1.46. The second-order valence-corrected chi connectivity index (χ2v) is 7.42. The van der Waals surface area contributed by atoms with Gasteiger partial charge in [0.05, 0.1) is 0 Å². The molecule has 8 heteroatoms. The van der Waals surface area contributed by atoms with Crippen LogP contribution in [0.3, 0.4) is 0 Å². The van der Waals surface area contributed by atoms with Gasteiger partial charge in [-0.3, -0.25) is 4.21 Å². The van der Waals surface area contributed by atoms with Crippen molar-refractivity contribution in [3.63, 3.8) is 0 Å². The molecular formula is C11H13FN2O3S2. The molecule has 0 bridgehead atoms. The van der Waals surface area contributed by atoms with Crippen molar-refractivity contribution in [1.82, 2.24) is 4.72 Å². The number of nitrogens with one attached hydrogen (secondary N) is 1. The highest BCUT2D eigenvalue weighted by Gasteiger charge is 2.22. The molecule has 104 valence electrons. The highest BCUT2D eigenvalue weighted by molar-refractivity contribution is 7.89. The van der Waals surface area contributed by atoms with Gasteiger partial charge in [0, 0.05) is 28.9 Å². The minimum Gasteiger partial charge on any atom is -0.260 e. The molecule has 5 nitrogen and oxygen atoms in total. The van der Waals surface area contributed by atoms with Gasteiger partial charge < -0.3 is 0 Å². The van der Waals surface area contributed by atoms with Crippen molar-refractivity contribution in [2.24, 2.45) is 0 Å². The Kier molecular flexibility index (Phi) is 5.17. The summed E-state index contributed by atoms with van der Waals surface area (Å²) in [6, 6.07) is 4.91. The molecule has 1 aromatic carbocycles. The van der Waals surface area contributed by atoms with Gasteiger partial charge in [-0.1, -0.05) is 6.07 Å². The molecular weight excluding hydrogens is 291 g/mol. The van der Waals surface area contributed by atoms with E-state index in [-0.39, 0.29) is 11.8 Å². The Labute approximate surface area is 113 Å². The molecule has 0 aliphatic heterocycles. The van der Waals surface area contributed by atoms with Crippen LogP contribution in [0.1, 0.15) is 12.5 Å². The van der Waals surface area contributed by atoms with E-state index in [1.807, 2.05) is 0 Å². The fourth-order valence-corrected chi connectivity index (χ4v) is 2.98. The van der Waals surface area contributed by atoms with Crippen LogP contribution in [-0.4, -0.2) is 30.7 Å². The summed E-state index contributed by atoms with van der Waals surface area (Å²) in [5.41, 5.74) is -0.528. The number of halogens is 1. The van der Waals surface area contributed by atoms with E-state index in [2.05, 4.69) is 4.72 Å². The van der Waals surface area contributed by atoms with E-state index in [0.29, 0.717) is 0 Å². The zero-order valence-electron chi connectivity index (χ0n) is 10.4. The van der Waals surface area contributed by atoms with Crippen LogP contribution in [0.25, 0.3) is 0 Å². The van der Waals surface area contributed by atoms with E-state index in [0.717, 1.165) is 12.1 Å². The summed E-state index contributed by atoms with van der Waals surface area (Å²) in [7, 11) is -5.18. The maximum absolute atomic E-state index is 13.3. The van der Waals surface area contributed by atoms with E-state index in [9.17, 15) is 17.0 Å². The van der Waals surface area contributed by atoms with Crippen LogP contribution in [-0.2, 0) is 20.8 Å². The molecule has 0 aliphatic carbocycles. The van der Waals surface area contributed by atoms with Gasteiger partial charge in [0.15, 0.2) is 0 Å². The van der Waals surface area contributed by atoms with Crippen molar-refractivity contribution in [1.29, 1.82) is 5.26 Å². The van der Waals surface area contributed by atoms with E-state index < -0.39 is 37.1 Å². The molecule has 1 rings (SSSR count). The first-order chi connectivity index (χ1) is 8.79. The first kappa shape index (κ1) is 15.8. The minimum atomic E-state index is -4.00. The van der Waals surface area contributed by atoms with Gasteiger partial charge in [0.2, 0.25) is 10.0 Å². The average molecular weight is 304 g/mol. The highest BCUT2D eigenvalue weighted by atomic mass is 32.2. The molecule has 0 radical (unpaired) electrons. The lowest BCUT2D eigenvalue weighted by Crippen LogP contribution is -2.33. The normalized spacial score (nSPS) is 14.6. The Morgan fingerprint density at radius 3 is 2.68 bits per heavy atom. The predicted molar refractivity (Wildman–Crippen MR) is 69.8 cm³/mol. The fraction of sp³-hybridized carbons (Fsp3) is 0.364. The van der Waals surface area contributed by atoms with Crippen LogP contribution >= 0.6 is 0 Å². The second-order valence-electron chi connectivity index (χ2n) is 3.89. The van der Waals surface area contributed by atoms with Crippen molar-refractivity contribution in [2.45, 2.75) is 17.1 Å². The third kappa shape index (κ3) is 3.83. The molecule has 0 fully saturated rings. The third-order valence-electron chi connectivity index (χ3n) is 2.50. The summed E-state index contributed by atoms with van der Waals surface area (Å²) in [6.45, 7) is 1.57. The van der Waals surface area contributed by atoms with Crippen molar-refractivity contribution in [2.75, 3.05) is 12.8 Å². The van der Waals surface area contributed by atoms with Crippen molar-refractivity contribution >= 4 is 20.8 Å². The van der Waals surface area contributed by atoms with Crippen molar-refractivity contribution in [3.8, 4) is 6.07 Å². The van der Waals surface area contributed by atoms with Gasteiger partial charge in [-0.15, -0.1) is 0 Å². The Morgan fingerprint density at radius 2 is 2.16 bits per heavy atom. The fourth-order valence-electron chi connectivity index (χ4n) is 1.26. The van der Waals surface area contributed by atoms with Crippen LogP contribution < -0.4 is 4.72 Å². The van der Waals surface area contributed by atoms with Crippen LogP contribution in [0, 0.1) is 17.1 Å². The van der Waals surface area contributed by atoms with Crippen LogP contribution in [0.5, 0.6) is 0 Å². The van der Waals surface area contributed by atoms with E-state index in [1.54, 1.807) is 6.92 Å². The summed E-state index contributed by atoms with van der Waals surface area (Å²) in [5, 5.41) is 8.42. The molecule has 0 saturated carbocycles. The first-order valence-corrected chi connectivity index (χ1v) is 8.40. The summed E-state index contributed by atoms with van der Waals surface area (Å²) < 4.78 is 50.6. The molecule has 0 amide bonds. The number of benzene rings is 1. The van der Waals surface area contributed by atoms with Gasteiger partial charge in [-0.2, -0.15) is 5.26 Å². The average Bonchev–Trinajstić information content (AvgIpc) is 2.35. The maximum atomic E-state index is 13.3. The smallest absolute Gasteiger partial charge is 0.242 e. The molecule has 0 aliphatic rings. The van der Waals surface area contributed by atoms with Gasteiger partial charge in [0.1, 0.15) is 22.3 Å². The molecule has 0 heterocycles. The number of rotatable bonds is 5. The summed E-state index contributed by atoms with van der Waals surface area (Å²) in [4.78, 5) is -0.413. The lowest BCUT2D eigenvalue weighted by Gasteiger charge is -2.11. The predicted octanol–water partition coefficient (Wildman–Crippen LogP) is 0.743. The molecule has 2 atom stereocenters. The summed E-state index contributed by atoms with van der Waals surface area (Å²) in [5.74, 6) is -0.891.